The Bertz CT molecular complexity index is 1040. The van der Waals surface area contributed by atoms with Crippen molar-refractivity contribution in [3.8, 4) is 11.3 Å². The fraction of sp³-hybridized carbons (Fsp3) is 0.429. The summed E-state index contributed by atoms with van der Waals surface area (Å²) in [6.07, 6.45) is 2.80. The molecule has 5 rings (SSSR count). The first-order valence-electron chi connectivity index (χ1n) is 9.34. The molecule has 1 fully saturated rings. The fourth-order valence-electron chi connectivity index (χ4n) is 5.30. The second kappa shape index (κ2) is 5.44. The number of rotatable bonds is 3. The quantitative estimate of drug-likeness (QED) is 0.690. The summed E-state index contributed by atoms with van der Waals surface area (Å²) in [5.41, 5.74) is 3.15. The number of nitrogens with zero attached hydrogens (tertiary/aromatic N) is 4. The molecule has 1 aromatic carbocycles. The topological polar surface area (TPSA) is 64.7 Å². The van der Waals surface area contributed by atoms with E-state index >= 15 is 0 Å². The van der Waals surface area contributed by atoms with Crippen LogP contribution in [-0.4, -0.2) is 20.3 Å². The van der Waals surface area contributed by atoms with E-state index in [0.717, 1.165) is 18.5 Å². The van der Waals surface area contributed by atoms with Gasteiger partial charge in [0.05, 0.1) is 11.4 Å². The van der Waals surface area contributed by atoms with E-state index < -0.39 is 0 Å². The van der Waals surface area contributed by atoms with Crippen LogP contribution in [0.25, 0.3) is 11.3 Å². The minimum absolute atomic E-state index is 0.00635. The van der Waals surface area contributed by atoms with Crippen LogP contribution in [0.15, 0.2) is 34.9 Å². The van der Waals surface area contributed by atoms with Crippen molar-refractivity contribution < 1.29 is 8.91 Å². The highest BCUT2D eigenvalue weighted by atomic mass is 19.1. The van der Waals surface area contributed by atoms with Gasteiger partial charge in [-0.3, -0.25) is 0 Å². The minimum atomic E-state index is -0.272. The minimum Gasteiger partial charge on any atom is -0.340 e. The standard InChI is InChI=1S/C21H21FN4O/c1-12-23-18(26-27-12)11-21-9-8-15(20(21,2)3)14-10-17(24-25-19(14)21)13-6-4-5-7-16(13)22/h4-7,10,15H,8-9,11H2,1-3H3. The third kappa shape index (κ3) is 2.16. The third-order valence-corrected chi connectivity index (χ3v) is 6.80. The molecule has 0 amide bonds. The van der Waals surface area contributed by atoms with Crippen LogP contribution >= 0.6 is 0 Å². The highest BCUT2D eigenvalue weighted by Gasteiger charge is 2.63. The first kappa shape index (κ1) is 16.5. The van der Waals surface area contributed by atoms with Crippen LogP contribution in [0.5, 0.6) is 0 Å². The van der Waals surface area contributed by atoms with Gasteiger partial charge < -0.3 is 4.52 Å². The molecule has 2 heterocycles. The number of halogens is 1. The van der Waals surface area contributed by atoms with Crippen LogP contribution in [0.3, 0.4) is 0 Å². The van der Waals surface area contributed by atoms with Crippen molar-refractivity contribution in [3.63, 3.8) is 0 Å². The summed E-state index contributed by atoms with van der Waals surface area (Å²) in [4.78, 5) is 4.43. The Morgan fingerprint density at radius 1 is 1.22 bits per heavy atom. The first-order chi connectivity index (χ1) is 12.9. The molecule has 0 aliphatic heterocycles. The molecule has 27 heavy (non-hydrogen) atoms. The van der Waals surface area contributed by atoms with E-state index in [0.29, 0.717) is 35.3 Å². The van der Waals surface area contributed by atoms with Gasteiger partial charge in [0.1, 0.15) is 5.82 Å². The summed E-state index contributed by atoms with van der Waals surface area (Å²) in [6.45, 7) is 6.39. The average Bonchev–Trinajstić information content (AvgIpc) is 3.22. The Labute approximate surface area is 157 Å². The molecular weight excluding hydrogens is 343 g/mol. The molecule has 2 atom stereocenters. The molecule has 0 radical (unpaired) electrons. The molecule has 2 aromatic heterocycles. The number of aromatic nitrogens is 4. The van der Waals surface area contributed by atoms with Crippen molar-refractivity contribution >= 4 is 0 Å². The number of aryl methyl sites for hydroxylation is 1. The molecule has 2 aliphatic carbocycles. The van der Waals surface area contributed by atoms with E-state index in [1.165, 1.54) is 11.6 Å². The van der Waals surface area contributed by atoms with E-state index in [2.05, 4.69) is 34.2 Å². The molecule has 5 nitrogen and oxygen atoms in total. The van der Waals surface area contributed by atoms with E-state index in [4.69, 9.17) is 4.52 Å². The van der Waals surface area contributed by atoms with Gasteiger partial charge in [-0.25, -0.2) is 4.39 Å². The zero-order valence-electron chi connectivity index (χ0n) is 15.7. The Kier molecular flexibility index (Phi) is 3.33. The molecule has 3 aromatic rings. The van der Waals surface area contributed by atoms with E-state index in [1.807, 2.05) is 12.1 Å². The monoisotopic (exact) mass is 364 g/mol. The van der Waals surface area contributed by atoms with E-state index in [-0.39, 0.29) is 16.6 Å². The molecule has 2 unspecified atom stereocenters. The molecule has 0 saturated heterocycles. The molecule has 0 N–H and O–H groups in total. The smallest absolute Gasteiger partial charge is 0.223 e. The zero-order chi connectivity index (χ0) is 18.8. The SMILES string of the molecule is Cc1nc(CC23CCC(c4cc(-c5ccccc5F)nnc42)C3(C)C)no1. The largest absolute Gasteiger partial charge is 0.340 e. The number of fused-ring (bicyclic) bond motifs is 5. The number of benzene rings is 1. The predicted octanol–water partition coefficient (Wildman–Crippen LogP) is 4.37. The Balaban J connectivity index is 1.63. The summed E-state index contributed by atoms with van der Waals surface area (Å²) in [5, 5.41) is 13.2. The summed E-state index contributed by atoms with van der Waals surface area (Å²) in [7, 11) is 0. The fourth-order valence-corrected chi connectivity index (χ4v) is 5.30. The molecule has 0 spiro atoms. The molecular formula is C21H21FN4O. The van der Waals surface area contributed by atoms with E-state index in [9.17, 15) is 4.39 Å². The number of hydrogen-bond acceptors (Lipinski definition) is 5. The highest BCUT2D eigenvalue weighted by molar-refractivity contribution is 5.62. The number of hydrogen-bond donors (Lipinski definition) is 0. The molecule has 2 aliphatic rings. The van der Waals surface area contributed by atoms with Gasteiger partial charge in [-0.2, -0.15) is 15.2 Å². The molecule has 138 valence electrons. The summed E-state index contributed by atoms with van der Waals surface area (Å²) in [6, 6.07) is 8.76. The van der Waals surface area contributed by atoms with Crippen molar-refractivity contribution in [2.45, 2.75) is 51.4 Å². The Morgan fingerprint density at radius 2 is 2.04 bits per heavy atom. The van der Waals surface area contributed by atoms with E-state index in [1.54, 1.807) is 19.1 Å². The lowest BCUT2D eigenvalue weighted by Gasteiger charge is -2.37. The summed E-state index contributed by atoms with van der Waals surface area (Å²) in [5.74, 6) is 1.40. The van der Waals surface area contributed by atoms with Gasteiger partial charge in [0.2, 0.25) is 5.89 Å². The zero-order valence-corrected chi connectivity index (χ0v) is 15.7. The van der Waals surface area contributed by atoms with Crippen LogP contribution in [-0.2, 0) is 11.8 Å². The second-order valence-corrected chi connectivity index (χ2v) is 8.31. The van der Waals surface area contributed by atoms with Gasteiger partial charge in [0.15, 0.2) is 5.82 Å². The van der Waals surface area contributed by atoms with Crippen molar-refractivity contribution in [2.75, 3.05) is 0 Å². The lowest BCUT2D eigenvalue weighted by molar-refractivity contribution is 0.199. The highest BCUT2D eigenvalue weighted by Crippen LogP contribution is 2.68. The van der Waals surface area contributed by atoms with Crippen molar-refractivity contribution in [2.24, 2.45) is 5.41 Å². The van der Waals surface area contributed by atoms with Gasteiger partial charge in [0.25, 0.3) is 0 Å². The van der Waals surface area contributed by atoms with Gasteiger partial charge in [0, 0.05) is 24.3 Å². The molecule has 6 heteroatoms. The lowest BCUT2D eigenvalue weighted by atomic mass is 9.66. The Hall–Kier alpha value is -2.63. The maximum Gasteiger partial charge on any atom is 0.223 e. The third-order valence-electron chi connectivity index (χ3n) is 6.80. The van der Waals surface area contributed by atoms with Crippen molar-refractivity contribution in [1.82, 2.24) is 20.3 Å². The van der Waals surface area contributed by atoms with Gasteiger partial charge >= 0.3 is 0 Å². The first-order valence-corrected chi connectivity index (χ1v) is 9.34. The second-order valence-electron chi connectivity index (χ2n) is 8.31. The van der Waals surface area contributed by atoms with Crippen LogP contribution in [0.1, 0.15) is 55.6 Å². The normalized spacial score (nSPS) is 25.0. The van der Waals surface area contributed by atoms with Crippen molar-refractivity contribution in [3.05, 3.63) is 59.1 Å². The summed E-state index contributed by atoms with van der Waals surface area (Å²) < 4.78 is 19.4. The van der Waals surface area contributed by atoms with Crippen LogP contribution in [0, 0.1) is 18.2 Å². The predicted molar refractivity (Wildman–Crippen MR) is 97.6 cm³/mol. The molecule has 2 bridgehead atoms. The van der Waals surface area contributed by atoms with Crippen molar-refractivity contribution in [1.29, 1.82) is 0 Å². The maximum absolute atomic E-state index is 14.2. The average molecular weight is 364 g/mol. The Morgan fingerprint density at radius 3 is 2.78 bits per heavy atom. The summed E-state index contributed by atoms with van der Waals surface area (Å²) >= 11 is 0. The van der Waals surface area contributed by atoms with Crippen LogP contribution in [0.4, 0.5) is 4.39 Å². The van der Waals surface area contributed by atoms with Gasteiger partial charge in [-0.05, 0) is 47.9 Å². The molecule has 1 saturated carbocycles. The van der Waals surface area contributed by atoms with Crippen LogP contribution < -0.4 is 0 Å². The maximum atomic E-state index is 14.2. The lowest BCUT2D eigenvalue weighted by Crippen LogP contribution is -2.38. The van der Waals surface area contributed by atoms with Crippen LogP contribution in [0.2, 0.25) is 0 Å². The van der Waals surface area contributed by atoms with Gasteiger partial charge in [-0.15, -0.1) is 0 Å². The van der Waals surface area contributed by atoms with Gasteiger partial charge in [-0.1, -0.05) is 31.1 Å².